The van der Waals surface area contributed by atoms with Gasteiger partial charge < -0.3 is 10.6 Å². The lowest BCUT2D eigenvalue weighted by Crippen LogP contribution is -2.30. The minimum atomic E-state index is 0.0642. The van der Waals surface area contributed by atoms with Gasteiger partial charge in [-0.15, -0.1) is 0 Å². The lowest BCUT2D eigenvalue weighted by atomic mass is 10.3. The highest BCUT2D eigenvalue weighted by Crippen LogP contribution is 1.95. The Labute approximate surface area is 96.2 Å². The molecule has 0 radical (unpaired) electrons. The highest BCUT2D eigenvalue weighted by molar-refractivity contribution is 5.75. The Kier molecular flexibility index (Phi) is 4.98. The van der Waals surface area contributed by atoms with Crippen molar-refractivity contribution >= 4 is 5.91 Å². The first kappa shape index (κ1) is 12.7. The molecule has 5 heteroatoms. The Bertz CT molecular complexity index is 332. The molecule has 0 unspecified atom stereocenters. The molecule has 0 aromatic carbocycles. The molecule has 1 heterocycles. The molecule has 0 fully saturated rings. The summed E-state index contributed by atoms with van der Waals surface area (Å²) in [5.74, 6) is 0.0642. The third-order valence-corrected chi connectivity index (χ3v) is 2.29. The van der Waals surface area contributed by atoms with E-state index in [4.69, 9.17) is 0 Å². The quantitative estimate of drug-likeness (QED) is 0.736. The fraction of sp³-hybridized carbons (Fsp3) is 0.636. The standard InChI is InChI=1S/C11H20N4O/c1-9(2)12-6-5-11(16)13-8-10-4-7-14-15(10)3/h4,7,9,12H,5-6,8H2,1-3H3,(H,13,16). The van der Waals surface area contributed by atoms with Crippen LogP contribution in [0.4, 0.5) is 0 Å². The lowest BCUT2D eigenvalue weighted by Gasteiger charge is -2.08. The van der Waals surface area contributed by atoms with Gasteiger partial charge in [-0.05, 0) is 6.07 Å². The van der Waals surface area contributed by atoms with Crippen LogP contribution >= 0.6 is 0 Å². The Morgan fingerprint density at radius 3 is 2.88 bits per heavy atom. The minimum absolute atomic E-state index is 0.0642. The number of aromatic nitrogens is 2. The fourth-order valence-electron chi connectivity index (χ4n) is 1.33. The van der Waals surface area contributed by atoms with Gasteiger partial charge in [-0.25, -0.2) is 0 Å². The molecule has 0 aliphatic rings. The normalized spacial score (nSPS) is 10.8. The van der Waals surface area contributed by atoms with Crippen LogP contribution in [0.1, 0.15) is 26.0 Å². The predicted octanol–water partition coefficient (Wildman–Crippen LogP) is 0.424. The first-order chi connectivity index (χ1) is 7.59. The van der Waals surface area contributed by atoms with E-state index in [9.17, 15) is 4.79 Å². The van der Waals surface area contributed by atoms with Crippen LogP contribution in [0, 0.1) is 0 Å². The van der Waals surface area contributed by atoms with Gasteiger partial charge >= 0.3 is 0 Å². The maximum absolute atomic E-state index is 11.5. The number of carbonyl (C=O) groups excluding carboxylic acids is 1. The average molecular weight is 224 g/mol. The second-order valence-electron chi connectivity index (χ2n) is 4.08. The lowest BCUT2D eigenvalue weighted by molar-refractivity contribution is -0.121. The number of carbonyl (C=O) groups is 1. The second-order valence-corrected chi connectivity index (χ2v) is 4.08. The van der Waals surface area contributed by atoms with Crippen molar-refractivity contribution in [3.05, 3.63) is 18.0 Å². The molecule has 0 spiro atoms. The van der Waals surface area contributed by atoms with Crippen molar-refractivity contribution in [2.75, 3.05) is 6.54 Å². The van der Waals surface area contributed by atoms with E-state index in [1.165, 1.54) is 0 Å². The van der Waals surface area contributed by atoms with Gasteiger partial charge in [-0.3, -0.25) is 9.48 Å². The largest absolute Gasteiger partial charge is 0.350 e. The Balaban J connectivity index is 2.18. The number of aryl methyl sites for hydroxylation is 1. The molecule has 0 saturated carbocycles. The summed E-state index contributed by atoms with van der Waals surface area (Å²) in [7, 11) is 1.86. The molecule has 0 aliphatic heterocycles. The van der Waals surface area contributed by atoms with Crippen LogP contribution in [0.3, 0.4) is 0 Å². The molecular formula is C11H20N4O. The molecule has 2 N–H and O–H groups in total. The topological polar surface area (TPSA) is 59.0 Å². The van der Waals surface area contributed by atoms with Crippen molar-refractivity contribution in [3.63, 3.8) is 0 Å². The van der Waals surface area contributed by atoms with Gasteiger partial charge in [0.15, 0.2) is 0 Å². The summed E-state index contributed by atoms with van der Waals surface area (Å²) in [5, 5.41) is 10.1. The summed E-state index contributed by atoms with van der Waals surface area (Å²) in [6.07, 6.45) is 2.23. The maximum Gasteiger partial charge on any atom is 0.221 e. The maximum atomic E-state index is 11.5. The van der Waals surface area contributed by atoms with Gasteiger partial charge in [-0.2, -0.15) is 5.10 Å². The van der Waals surface area contributed by atoms with Crippen LogP contribution in [-0.4, -0.2) is 28.3 Å². The highest BCUT2D eigenvalue weighted by atomic mass is 16.1. The minimum Gasteiger partial charge on any atom is -0.350 e. The van der Waals surface area contributed by atoms with Gasteiger partial charge in [0, 0.05) is 32.3 Å². The Morgan fingerprint density at radius 1 is 1.56 bits per heavy atom. The van der Waals surface area contributed by atoms with Crippen LogP contribution < -0.4 is 10.6 Å². The van der Waals surface area contributed by atoms with Crippen LogP contribution in [-0.2, 0) is 18.4 Å². The zero-order valence-electron chi connectivity index (χ0n) is 10.2. The molecule has 90 valence electrons. The first-order valence-corrected chi connectivity index (χ1v) is 5.56. The van der Waals surface area contributed by atoms with E-state index in [-0.39, 0.29) is 5.91 Å². The van der Waals surface area contributed by atoms with Crippen molar-refractivity contribution < 1.29 is 4.79 Å². The monoisotopic (exact) mass is 224 g/mol. The number of nitrogens with one attached hydrogen (secondary N) is 2. The smallest absolute Gasteiger partial charge is 0.221 e. The van der Waals surface area contributed by atoms with Gasteiger partial charge in [0.05, 0.1) is 12.2 Å². The summed E-state index contributed by atoms with van der Waals surface area (Å²) >= 11 is 0. The van der Waals surface area contributed by atoms with E-state index in [1.807, 2.05) is 13.1 Å². The zero-order chi connectivity index (χ0) is 12.0. The van der Waals surface area contributed by atoms with E-state index >= 15 is 0 Å². The first-order valence-electron chi connectivity index (χ1n) is 5.56. The van der Waals surface area contributed by atoms with Crippen molar-refractivity contribution in [2.45, 2.75) is 32.9 Å². The third kappa shape index (κ3) is 4.44. The van der Waals surface area contributed by atoms with Crippen molar-refractivity contribution in [3.8, 4) is 0 Å². The van der Waals surface area contributed by atoms with E-state index in [0.717, 1.165) is 12.2 Å². The summed E-state index contributed by atoms with van der Waals surface area (Å²) in [6, 6.07) is 2.32. The molecule has 5 nitrogen and oxygen atoms in total. The summed E-state index contributed by atoms with van der Waals surface area (Å²) < 4.78 is 1.76. The van der Waals surface area contributed by atoms with Crippen LogP contribution in [0.2, 0.25) is 0 Å². The number of rotatable bonds is 6. The molecule has 0 aliphatic carbocycles. The van der Waals surface area contributed by atoms with Crippen LogP contribution in [0.15, 0.2) is 12.3 Å². The van der Waals surface area contributed by atoms with Gasteiger partial charge in [-0.1, -0.05) is 13.8 Å². The SMILES string of the molecule is CC(C)NCCC(=O)NCc1ccnn1C. The molecule has 0 bridgehead atoms. The average Bonchev–Trinajstić information content (AvgIpc) is 2.60. The van der Waals surface area contributed by atoms with Crippen molar-refractivity contribution in [1.82, 2.24) is 20.4 Å². The molecule has 0 atom stereocenters. The van der Waals surface area contributed by atoms with Gasteiger partial charge in [0.25, 0.3) is 0 Å². The van der Waals surface area contributed by atoms with E-state index in [0.29, 0.717) is 19.0 Å². The fourth-order valence-corrected chi connectivity index (χ4v) is 1.33. The molecule has 1 aromatic rings. The van der Waals surface area contributed by atoms with E-state index < -0.39 is 0 Å². The third-order valence-electron chi connectivity index (χ3n) is 2.29. The number of hydrogen-bond acceptors (Lipinski definition) is 3. The van der Waals surface area contributed by atoms with Crippen molar-refractivity contribution in [1.29, 1.82) is 0 Å². The summed E-state index contributed by atoms with van der Waals surface area (Å²) in [6.45, 7) is 5.38. The highest BCUT2D eigenvalue weighted by Gasteiger charge is 2.03. The summed E-state index contributed by atoms with van der Waals surface area (Å²) in [5.41, 5.74) is 1.00. The molecule has 1 rings (SSSR count). The molecule has 1 amide bonds. The van der Waals surface area contributed by atoms with Crippen molar-refractivity contribution in [2.24, 2.45) is 7.05 Å². The van der Waals surface area contributed by atoms with Crippen LogP contribution in [0.25, 0.3) is 0 Å². The molecule has 0 saturated heterocycles. The number of hydrogen-bond donors (Lipinski definition) is 2. The second kappa shape index (κ2) is 6.27. The molecule has 16 heavy (non-hydrogen) atoms. The van der Waals surface area contributed by atoms with E-state index in [2.05, 4.69) is 29.6 Å². The van der Waals surface area contributed by atoms with Crippen LogP contribution in [0.5, 0.6) is 0 Å². The van der Waals surface area contributed by atoms with Gasteiger partial charge in [0.2, 0.25) is 5.91 Å². The number of amides is 1. The molecule has 1 aromatic heterocycles. The summed E-state index contributed by atoms with van der Waals surface area (Å²) in [4.78, 5) is 11.5. The molecular weight excluding hydrogens is 204 g/mol. The Hall–Kier alpha value is -1.36. The number of nitrogens with zero attached hydrogens (tertiary/aromatic N) is 2. The van der Waals surface area contributed by atoms with Gasteiger partial charge in [0.1, 0.15) is 0 Å². The zero-order valence-corrected chi connectivity index (χ0v) is 10.2. The predicted molar refractivity (Wildman–Crippen MR) is 62.8 cm³/mol. The Morgan fingerprint density at radius 2 is 2.31 bits per heavy atom. The van der Waals surface area contributed by atoms with E-state index in [1.54, 1.807) is 10.9 Å².